The molecule has 2 unspecified atom stereocenters. The Balaban J connectivity index is 2.39. The zero-order valence-corrected chi connectivity index (χ0v) is 11.5. The summed E-state index contributed by atoms with van der Waals surface area (Å²) in [5.74, 6) is 0.980. The van der Waals surface area contributed by atoms with Crippen LogP contribution in [0.1, 0.15) is 43.9 Å². The second kappa shape index (κ2) is 5.29. The molecule has 0 bridgehead atoms. The Morgan fingerprint density at radius 3 is 2.94 bits per heavy atom. The minimum Gasteiger partial charge on any atom is -0.493 e. The standard InChI is InChI=1S/C15H23NO2/c1-4-15(2,17-3)14(16)12-9-5-7-11-8-6-10-18-13(11)12/h5,7,9,14H,4,6,8,10,16H2,1-3H3. The van der Waals surface area contributed by atoms with Gasteiger partial charge >= 0.3 is 0 Å². The van der Waals surface area contributed by atoms with Gasteiger partial charge in [-0.2, -0.15) is 0 Å². The van der Waals surface area contributed by atoms with Crippen LogP contribution in [0.5, 0.6) is 5.75 Å². The number of methoxy groups -OCH3 is 1. The summed E-state index contributed by atoms with van der Waals surface area (Å²) in [6.07, 6.45) is 3.03. The van der Waals surface area contributed by atoms with Crippen molar-refractivity contribution < 1.29 is 9.47 Å². The van der Waals surface area contributed by atoms with Gasteiger partial charge in [0.25, 0.3) is 0 Å². The van der Waals surface area contributed by atoms with E-state index in [1.807, 2.05) is 0 Å². The second-order valence-electron chi connectivity index (χ2n) is 5.14. The Kier molecular flexibility index (Phi) is 3.93. The number of hydrogen-bond donors (Lipinski definition) is 1. The molecule has 0 saturated carbocycles. The second-order valence-corrected chi connectivity index (χ2v) is 5.14. The van der Waals surface area contributed by atoms with Gasteiger partial charge in [-0.05, 0) is 31.7 Å². The molecule has 2 N–H and O–H groups in total. The minimum absolute atomic E-state index is 0.166. The molecule has 0 aliphatic carbocycles. The van der Waals surface area contributed by atoms with Gasteiger partial charge in [-0.3, -0.25) is 0 Å². The van der Waals surface area contributed by atoms with E-state index in [4.69, 9.17) is 15.2 Å². The van der Waals surface area contributed by atoms with Crippen LogP contribution >= 0.6 is 0 Å². The largest absolute Gasteiger partial charge is 0.493 e. The highest BCUT2D eigenvalue weighted by molar-refractivity contribution is 5.45. The topological polar surface area (TPSA) is 44.5 Å². The monoisotopic (exact) mass is 249 g/mol. The Morgan fingerprint density at radius 2 is 2.28 bits per heavy atom. The van der Waals surface area contributed by atoms with Gasteiger partial charge in [0.15, 0.2) is 0 Å². The molecule has 3 nitrogen and oxygen atoms in total. The number of para-hydroxylation sites is 1. The van der Waals surface area contributed by atoms with Gasteiger partial charge in [0.2, 0.25) is 0 Å². The lowest BCUT2D eigenvalue weighted by molar-refractivity contribution is -0.0201. The zero-order chi connectivity index (χ0) is 13.2. The molecule has 1 aromatic carbocycles. The predicted molar refractivity (Wildman–Crippen MR) is 72.9 cm³/mol. The number of benzene rings is 1. The molecule has 2 atom stereocenters. The maximum Gasteiger partial charge on any atom is 0.127 e. The first-order valence-electron chi connectivity index (χ1n) is 6.67. The van der Waals surface area contributed by atoms with Gasteiger partial charge in [-0.25, -0.2) is 0 Å². The molecule has 2 rings (SSSR count). The Labute approximate surface area is 109 Å². The summed E-state index contributed by atoms with van der Waals surface area (Å²) in [5, 5.41) is 0. The summed E-state index contributed by atoms with van der Waals surface area (Å²) in [7, 11) is 1.72. The van der Waals surface area contributed by atoms with Crippen molar-refractivity contribution in [2.75, 3.05) is 13.7 Å². The lowest BCUT2D eigenvalue weighted by Gasteiger charge is -2.35. The highest BCUT2D eigenvalue weighted by Gasteiger charge is 2.33. The van der Waals surface area contributed by atoms with Crippen molar-refractivity contribution in [3.63, 3.8) is 0 Å². The molecule has 1 aliphatic heterocycles. The van der Waals surface area contributed by atoms with Gasteiger partial charge in [0, 0.05) is 12.7 Å². The third-order valence-electron chi connectivity index (χ3n) is 4.13. The highest BCUT2D eigenvalue weighted by atomic mass is 16.5. The van der Waals surface area contributed by atoms with Gasteiger partial charge < -0.3 is 15.2 Å². The fraction of sp³-hybridized carbons (Fsp3) is 0.600. The number of fused-ring (bicyclic) bond motifs is 1. The van der Waals surface area contributed by atoms with Crippen LogP contribution in [-0.4, -0.2) is 19.3 Å². The first-order chi connectivity index (χ1) is 8.62. The van der Waals surface area contributed by atoms with Crippen LogP contribution in [0.3, 0.4) is 0 Å². The fourth-order valence-electron chi connectivity index (χ4n) is 2.48. The van der Waals surface area contributed by atoms with Gasteiger partial charge in [0.1, 0.15) is 5.75 Å². The number of aryl methyl sites for hydroxylation is 1. The third-order valence-corrected chi connectivity index (χ3v) is 4.13. The van der Waals surface area contributed by atoms with Crippen molar-refractivity contribution >= 4 is 0 Å². The first-order valence-corrected chi connectivity index (χ1v) is 6.67. The number of ether oxygens (including phenoxy) is 2. The van der Waals surface area contributed by atoms with E-state index in [-0.39, 0.29) is 11.6 Å². The van der Waals surface area contributed by atoms with Crippen molar-refractivity contribution in [1.29, 1.82) is 0 Å². The summed E-state index contributed by atoms with van der Waals surface area (Å²) in [6.45, 7) is 4.94. The van der Waals surface area contributed by atoms with Crippen LogP contribution in [-0.2, 0) is 11.2 Å². The van der Waals surface area contributed by atoms with Crippen molar-refractivity contribution in [1.82, 2.24) is 0 Å². The van der Waals surface area contributed by atoms with E-state index in [2.05, 4.69) is 32.0 Å². The summed E-state index contributed by atoms with van der Waals surface area (Å²) in [6, 6.07) is 6.08. The van der Waals surface area contributed by atoms with Crippen molar-refractivity contribution in [2.45, 2.75) is 44.8 Å². The van der Waals surface area contributed by atoms with Crippen LogP contribution in [0.15, 0.2) is 18.2 Å². The average Bonchev–Trinajstić information content (AvgIpc) is 2.45. The number of hydrogen-bond acceptors (Lipinski definition) is 3. The van der Waals surface area contributed by atoms with Crippen molar-refractivity contribution in [2.24, 2.45) is 5.73 Å². The van der Waals surface area contributed by atoms with E-state index in [1.165, 1.54) is 5.56 Å². The maximum absolute atomic E-state index is 6.41. The van der Waals surface area contributed by atoms with Crippen LogP contribution in [0.25, 0.3) is 0 Å². The number of nitrogens with two attached hydrogens (primary N) is 1. The van der Waals surface area contributed by atoms with Crippen LogP contribution in [0.2, 0.25) is 0 Å². The quantitative estimate of drug-likeness (QED) is 0.892. The van der Waals surface area contributed by atoms with Gasteiger partial charge in [-0.15, -0.1) is 0 Å². The number of rotatable bonds is 4. The summed E-state index contributed by atoms with van der Waals surface area (Å²) in [5.41, 5.74) is 8.40. The maximum atomic E-state index is 6.41. The molecular formula is C15H23NO2. The Hall–Kier alpha value is -1.06. The average molecular weight is 249 g/mol. The van der Waals surface area contributed by atoms with Crippen LogP contribution in [0, 0.1) is 0 Å². The molecule has 0 aromatic heterocycles. The fourth-order valence-corrected chi connectivity index (χ4v) is 2.48. The molecule has 3 heteroatoms. The van der Waals surface area contributed by atoms with Gasteiger partial charge in [0.05, 0.1) is 18.2 Å². The minimum atomic E-state index is -0.351. The van der Waals surface area contributed by atoms with Gasteiger partial charge in [-0.1, -0.05) is 25.1 Å². The summed E-state index contributed by atoms with van der Waals surface area (Å²) >= 11 is 0. The summed E-state index contributed by atoms with van der Waals surface area (Å²) in [4.78, 5) is 0. The smallest absolute Gasteiger partial charge is 0.127 e. The molecule has 0 fully saturated rings. The molecule has 100 valence electrons. The first kappa shape index (κ1) is 13.4. The highest BCUT2D eigenvalue weighted by Crippen LogP contribution is 2.38. The van der Waals surface area contributed by atoms with E-state index < -0.39 is 0 Å². The van der Waals surface area contributed by atoms with Crippen LogP contribution in [0.4, 0.5) is 0 Å². The lowest BCUT2D eigenvalue weighted by Crippen LogP contribution is -2.40. The SMILES string of the molecule is CCC(C)(OC)C(N)c1cccc2c1OCCC2. The van der Waals surface area contributed by atoms with E-state index in [1.54, 1.807) is 7.11 Å². The summed E-state index contributed by atoms with van der Waals surface area (Å²) < 4.78 is 11.4. The Morgan fingerprint density at radius 1 is 1.50 bits per heavy atom. The normalized spacial score (nSPS) is 19.6. The molecule has 0 amide bonds. The lowest BCUT2D eigenvalue weighted by atomic mass is 9.86. The Bertz CT molecular complexity index is 413. The van der Waals surface area contributed by atoms with Crippen molar-refractivity contribution in [3.05, 3.63) is 29.3 Å². The van der Waals surface area contributed by atoms with E-state index >= 15 is 0 Å². The molecule has 0 spiro atoms. The molecule has 0 radical (unpaired) electrons. The molecule has 18 heavy (non-hydrogen) atoms. The van der Waals surface area contributed by atoms with E-state index in [0.29, 0.717) is 0 Å². The molecule has 0 saturated heterocycles. The van der Waals surface area contributed by atoms with Crippen LogP contribution < -0.4 is 10.5 Å². The van der Waals surface area contributed by atoms with Crippen molar-refractivity contribution in [3.8, 4) is 5.75 Å². The molecular weight excluding hydrogens is 226 g/mol. The van der Waals surface area contributed by atoms with E-state index in [0.717, 1.165) is 37.2 Å². The molecule has 1 aromatic rings. The molecule has 1 heterocycles. The van der Waals surface area contributed by atoms with E-state index in [9.17, 15) is 0 Å². The molecule has 1 aliphatic rings. The zero-order valence-electron chi connectivity index (χ0n) is 11.5. The third kappa shape index (κ3) is 2.25. The predicted octanol–water partition coefficient (Wildman–Crippen LogP) is 2.83.